The summed E-state index contributed by atoms with van der Waals surface area (Å²) in [5, 5.41) is 14.2. The van der Waals surface area contributed by atoms with Crippen molar-refractivity contribution in [3.63, 3.8) is 0 Å². The maximum Gasteiger partial charge on any atom is 0.308 e. The summed E-state index contributed by atoms with van der Waals surface area (Å²) < 4.78 is 0. The van der Waals surface area contributed by atoms with Crippen LogP contribution in [0.25, 0.3) is 0 Å². The molecule has 0 unspecified atom stereocenters. The molecule has 3 amide bonds. The Morgan fingerprint density at radius 1 is 1.09 bits per heavy atom. The maximum absolute atomic E-state index is 12.0. The minimum atomic E-state index is -0.890. The minimum absolute atomic E-state index is 0.0571. The molecule has 0 aromatic heterocycles. The number of hydrogen-bond donors (Lipinski definition) is 3. The second-order valence-electron chi connectivity index (χ2n) is 5.55. The van der Waals surface area contributed by atoms with E-state index >= 15 is 0 Å². The number of hydrogen-bond acceptors (Lipinski definition) is 4. The van der Waals surface area contributed by atoms with E-state index in [1.54, 1.807) is 6.92 Å². The second kappa shape index (κ2) is 8.35. The van der Waals surface area contributed by atoms with Gasteiger partial charge in [0.15, 0.2) is 0 Å². The van der Waals surface area contributed by atoms with E-state index in [4.69, 9.17) is 5.11 Å². The van der Waals surface area contributed by atoms with Crippen molar-refractivity contribution in [3.8, 4) is 0 Å². The van der Waals surface area contributed by atoms with E-state index in [0.717, 1.165) is 0 Å². The fourth-order valence-electron chi connectivity index (χ4n) is 2.40. The van der Waals surface area contributed by atoms with Gasteiger partial charge in [0.25, 0.3) is 0 Å². The normalized spacial score (nSPS) is 20.5. The van der Waals surface area contributed by atoms with Crippen molar-refractivity contribution in [1.29, 1.82) is 0 Å². The van der Waals surface area contributed by atoms with Crippen LogP contribution in [-0.2, 0) is 19.2 Å². The summed E-state index contributed by atoms with van der Waals surface area (Å²) >= 11 is 0. The van der Waals surface area contributed by atoms with Crippen LogP contribution in [0.15, 0.2) is 0 Å². The molecule has 1 rings (SSSR count). The number of carboxylic acid groups (broad SMARTS) is 1. The smallest absolute Gasteiger partial charge is 0.308 e. The van der Waals surface area contributed by atoms with Crippen LogP contribution >= 0.6 is 0 Å². The molecular formula is C14H23N3O5. The van der Waals surface area contributed by atoms with Gasteiger partial charge in [-0.25, -0.2) is 0 Å². The summed E-state index contributed by atoms with van der Waals surface area (Å²) in [6.45, 7) is 4.48. The summed E-state index contributed by atoms with van der Waals surface area (Å²) in [6.07, 6.45) is 0.118. The van der Waals surface area contributed by atoms with Crippen LogP contribution < -0.4 is 10.6 Å². The van der Waals surface area contributed by atoms with Gasteiger partial charge in [-0.1, -0.05) is 6.92 Å². The number of carbonyl (C=O) groups excluding carboxylic acids is 3. The van der Waals surface area contributed by atoms with Crippen LogP contribution in [0.5, 0.6) is 0 Å². The van der Waals surface area contributed by atoms with Gasteiger partial charge >= 0.3 is 5.97 Å². The fraction of sp³-hybridized carbons (Fsp3) is 0.714. The lowest BCUT2D eigenvalue weighted by atomic mass is 9.99. The highest BCUT2D eigenvalue weighted by Crippen LogP contribution is 2.23. The van der Waals surface area contributed by atoms with Crippen LogP contribution in [0.1, 0.15) is 26.7 Å². The average molecular weight is 313 g/mol. The molecule has 1 heterocycles. The summed E-state index contributed by atoms with van der Waals surface area (Å²) in [6, 6.07) is 0. The largest absolute Gasteiger partial charge is 0.481 e. The van der Waals surface area contributed by atoms with E-state index in [1.807, 2.05) is 0 Å². The van der Waals surface area contributed by atoms with Gasteiger partial charge in [-0.3, -0.25) is 19.2 Å². The highest BCUT2D eigenvalue weighted by molar-refractivity contribution is 5.84. The van der Waals surface area contributed by atoms with E-state index in [1.165, 1.54) is 11.8 Å². The molecule has 0 radical (unpaired) electrons. The summed E-state index contributed by atoms with van der Waals surface area (Å²) in [4.78, 5) is 46.7. The zero-order valence-corrected chi connectivity index (χ0v) is 12.9. The molecule has 1 saturated heterocycles. The maximum atomic E-state index is 12.0. The summed E-state index contributed by atoms with van der Waals surface area (Å²) in [5.74, 6) is -2.13. The average Bonchev–Trinajstić information content (AvgIpc) is 2.83. The SMILES string of the molecule is CC(=O)NCCNC(=O)CCC(=O)N1C[C@@H](C)[C@H](C(=O)O)C1. The zero-order chi connectivity index (χ0) is 16.7. The molecule has 3 N–H and O–H groups in total. The Kier molecular flexibility index (Phi) is 6.81. The number of carbonyl (C=O) groups is 4. The van der Waals surface area contributed by atoms with Gasteiger partial charge in [-0.2, -0.15) is 0 Å². The first-order valence-electron chi connectivity index (χ1n) is 7.33. The quantitative estimate of drug-likeness (QED) is 0.532. The lowest BCUT2D eigenvalue weighted by Crippen LogP contribution is -2.35. The molecule has 8 nitrogen and oxygen atoms in total. The fourth-order valence-corrected chi connectivity index (χ4v) is 2.40. The lowest BCUT2D eigenvalue weighted by molar-refractivity contribution is -0.142. The Bertz CT molecular complexity index is 452. The Balaban J connectivity index is 2.24. The predicted molar refractivity (Wildman–Crippen MR) is 77.8 cm³/mol. The zero-order valence-electron chi connectivity index (χ0n) is 12.9. The molecule has 1 aliphatic heterocycles. The molecule has 0 spiro atoms. The van der Waals surface area contributed by atoms with Gasteiger partial charge in [0, 0.05) is 45.9 Å². The first kappa shape index (κ1) is 17.9. The molecule has 0 aromatic rings. The van der Waals surface area contributed by atoms with Crippen molar-refractivity contribution < 1.29 is 24.3 Å². The van der Waals surface area contributed by atoms with Gasteiger partial charge in [-0.15, -0.1) is 0 Å². The van der Waals surface area contributed by atoms with Crippen molar-refractivity contribution in [2.24, 2.45) is 11.8 Å². The van der Waals surface area contributed by atoms with Gasteiger partial charge < -0.3 is 20.6 Å². The third-order valence-corrected chi connectivity index (χ3v) is 3.67. The molecule has 2 atom stereocenters. The van der Waals surface area contributed by atoms with Crippen molar-refractivity contribution in [1.82, 2.24) is 15.5 Å². The molecule has 0 aliphatic carbocycles. The van der Waals surface area contributed by atoms with Gasteiger partial charge in [0.2, 0.25) is 17.7 Å². The molecule has 22 heavy (non-hydrogen) atoms. The number of amides is 3. The molecule has 0 bridgehead atoms. The molecule has 1 aliphatic rings. The van der Waals surface area contributed by atoms with Crippen LogP contribution in [0.2, 0.25) is 0 Å². The Morgan fingerprint density at radius 3 is 2.27 bits per heavy atom. The van der Waals surface area contributed by atoms with E-state index in [9.17, 15) is 19.2 Å². The molecule has 0 saturated carbocycles. The molecule has 8 heteroatoms. The highest BCUT2D eigenvalue weighted by Gasteiger charge is 2.36. The number of aliphatic carboxylic acids is 1. The Hall–Kier alpha value is -2.12. The topological polar surface area (TPSA) is 116 Å². The second-order valence-corrected chi connectivity index (χ2v) is 5.55. The first-order chi connectivity index (χ1) is 10.3. The first-order valence-corrected chi connectivity index (χ1v) is 7.33. The van der Waals surface area contributed by atoms with Crippen LogP contribution in [-0.4, -0.2) is 59.9 Å². The standard InChI is InChI=1S/C14H23N3O5/c1-9-7-17(8-11(9)14(21)22)13(20)4-3-12(19)16-6-5-15-10(2)18/h9,11H,3-8H2,1-2H3,(H,15,18)(H,16,19)(H,21,22)/t9-,11-/m1/s1. The van der Waals surface area contributed by atoms with Gasteiger partial charge in [0.1, 0.15) is 0 Å². The third-order valence-electron chi connectivity index (χ3n) is 3.67. The number of rotatable bonds is 7. The summed E-state index contributed by atoms with van der Waals surface area (Å²) in [7, 11) is 0. The predicted octanol–water partition coefficient (Wildman–Crippen LogP) is -0.802. The molecule has 0 aromatic carbocycles. The van der Waals surface area contributed by atoms with Gasteiger partial charge in [-0.05, 0) is 5.92 Å². The van der Waals surface area contributed by atoms with Crippen LogP contribution in [0.4, 0.5) is 0 Å². The van der Waals surface area contributed by atoms with E-state index in [-0.39, 0.29) is 43.0 Å². The van der Waals surface area contributed by atoms with Crippen molar-refractivity contribution in [2.45, 2.75) is 26.7 Å². The Morgan fingerprint density at radius 2 is 1.73 bits per heavy atom. The Labute approximate surface area is 129 Å². The number of carboxylic acids is 1. The number of nitrogens with one attached hydrogen (secondary N) is 2. The monoisotopic (exact) mass is 313 g/mol. The number of nitrogens with zero attached hydrogens (tertiary/aromatic N) is 1. The lowest BCUT2D eigenvalue weighted by Gasteiger charge is -2.15. The van der Waals surface area contributed by atoms with E-state index < -0.39 is 11.9 Å². The minimum Gasteiger partial charge on any atom is -0.481 e. The van der Waals surface area contributed by atoms with Crippen molar-refractivity contribution in [3.05, 3.63) is 0 Å². The molecular weight excluding hydrogens is 290 g/mol. The molecule has 124 valence electrons. The third kappa shape index (κ3) is 5.71. The van der Waals surface area contributed by atoms with E-state index in [0.29, 0.717) is 19.6 Å². The van der Waals surface area contributed by atoms with Gasteiger partial charge in [0.05, 0.1) is 5.92 Å². The molecule has 1 fully saturated rings. The van der Waals surface area contributed by atoms with Crippen LogP contribution in [0, 0.1) is 11.8 Å². The summed E-state index contributed by atoms with van der Waals surface area (Å²) in [5.41, 5.74) is 0. The highest BCUT2D eigenvalue weighted by atomic mass is 16.4. The van der Waals surface area contributed by atoms with Crippen molar-refractivity contribution >= 4 is 23.7 Å². The van der Waals surface area contributed by atoms with Crippen LogP contribution in [0.3, 0.4) is 0 Å². The van der Waals surface area contributed by atoms with Crippen molar-refractivity contribution in [2.75, 3.05) is 26.2 Å². The number of likely N-dealkylation sites (tertiary alicyclic amines) is 1. The van der Waals surface area contributed by atoms with E-state index in [2.05, 4.69) is 10.6 Å².